The van der Waals surface area contributed by atoms with Crippen LogP contribution in [0.4, 0.5) is 0 Å². The molecule has 1 fully saturated rings. The molecule has 2 atom stereocenters. The normalized spacial score (nSPS) is 19.4. The van der Waals surface area contributed by atoms with Crippen molar-refractivity contribution in [1.82, 2.24) is 4.90 Å². The summed E-state index contributed by atoms with van der Waals surface area (Å²) in [6, 6.07) is 9.07. The second-order valence-corrected chi connectivity index (χ2v) is 7.47. The maximum atomic E-state index is 11.9. The van der Waals surface area contributed by atoms with E-state index < -0.39 is 5.63 Å². The van der Waals surface area contributed by atoms with Gasteiger partial charge in [0.15, 0.2) is 0 Å². The minimum Gasteiger partial charge on any atom is -0.508 e. The molecule has 0 bridgehead atoms. The number of nitrogens with zero attached hydrogens (tertiary/aromatic N) is 1. The molecule has 4 rings (SSSR count). The van der Waals surface area contributed by atoms with Crippen LogP contribution in [0.25, 0.3) is 11.0 Å². The molecule has 136 valence electrons. The number of fused-ring (bicyclic) bond motifs is 1. The Morgan fingerprint density at radius 2 is 1.96 bits per heavy atom. The Hall–Kier alpha value is -2.53. The molecule has 0 saturated heterocycles. The molecule has 2 heterocycles. The average Bonchev–Trinajstić information content (AvgIpc) is 3.13. The Kier molecular flexibility index (Phi) is 4.11. The number of hydrogen-bond donors (Lipinski definition) is 1. The van der Waals surface area contributed by atoms with E-state index in [2.05, 4.69) is 17.9 Å². The molecule has 0 radical (unpaired) electrons. The van der Waals surface area contributed by atoms with Crippen LogP contribution in [0.5, 0.6) is 5.75 Å². The van der Waals surface area contributed by atoms with Crippen molar-refractivity contribution in [2.45, 2.75) is 39.3 Å². The maximum Gasteiger partial charge on any atom is 0.336 e. The predicted molar refractivity (Wildman–Crippen MR) is 99.3 cm³/mol. The van der Waals surface area contributed by atoms with Gasteiger partial charge in [-0.1, -0.05) is 6.92 Å². The van der Waals surface area contributed by atoms with E-state index in [1.54, 1.807) is 19.1 Å². The molecule has 1 aliphatic rings. The third kappa shape index (κ3) is 3.15. The second kappa shape index (κ2) is 6.32. The van der Waals surface area contributed by atoms with Gasteiger partial charge in [0.2, 0.25) is 0 Å². The van der Waals surface area contributed by atoms with Gasteiger partial charge in [-0.15, -0.1) is 0 Å². The van der Waals surface area contributed by atoms with E-state index in [9.17, 15) is 9.90 Å². The second-order valence-electron chi connectivity index (χ2n) is 7.47. The van der Waals surface area contributed by atoms with Crippen LogP contribution in [0.15, 0.2) is 44.0 Å². The van der Waals surface area contributed by atoms with E-state index in [-0.39, 0.29) is 5.75 Å². The van der Waals surface area contributed by atoms with Crippen LogP contribution in [-0.4, -0.2) is 17.1 Å². The third-order valence-electron chi connectivity index (χ3n) is 5.24. The molecule has 5 nitrogen and oxygen atoms in total. The summed E-state index contributed by atoms with van der Waals surface area (Å²) < 4.78 is 11.3. The molecule has 2 unspecified atom stereocenters. The summed E-state index contributed by atoms with van der Waals surface area (Å²) in [5.41, 5.74) is 1.50. The van der Waals surface area contributed by atoms with Crippen LogP contribution in [0.3, 0.4) is 0 Å². The number of benzene rings is 1. The molecule has 1 aromatic carbocycles. The Bertz CT molecular complexity index is 1020. The first-order chi connectivity index (χ1) is 12.4. The number of rotatable bonds is 5. The number of aromatic hydroxyl groups is 1. The summed E-state index contributed by atoms with van der Waals surface area (Å²) >= 11 is 0. The number of aryl methyl sites for hydroxylation is 1. The topological polar surface area (TPSA) is 66.8 Å². The maximum absolute atomic E-state index is 11.9. The van der Waals surface area contributed by atoms with Gasteiger partial charge in [0.05, 0.1) is 6.54 Å². The Balaban J connectivity index is 1.55. The van der Waals surface area contributed by atoms with Crippen molar-refractivity contribution in [2.75, 3.05) is 7.05 Å². The van der Waals surface area contributed by atoms with Crippen LogP contribution < -0.4 is 5.63 Å². The van der Waals surface area contributed by atoms with Gasteiger partial charge in [-0.25, -0.2) is 4.79 Å². The van der Waals surface area contributed by atoms with Crippen LogP contribution in [0.2, 0.25) is 0 Å². The smallest absolute Gasteiger partial charge is 0.336 e. The van der Waals surface area contributed by atoms with E-state index in [4.69, 9.17) is 8.83 Å². The Morgan fingerprint density at radius 3 is 2.69 bits per heavy atom. The molecule has 2 aromatic heterocycles. The summed E-state index contributed by atoms with van der Waals surface area (Å²) in [6.07, 6.45) is 1.21. The van der Waals surface area contributed by atoms with Crippen molar-refractivity contribution in [3.63, 3.8) is 0 Å². The Morgan fingerprint density at radius 1 is 1.19 bits per heavy atom. The standard InChI is InChI=1S/C21H23NO4/c1-12-8-17(12)19-7-4-15(25-19)11-22(3)10-14-9-20(24)26-21-13(2)18(23)6-5-16(14)21/h4-7,9,12,17,23H,8,10-11H2,1-3H3. The fraction of sp³-hybridized carbons (Fsp3) is 0.381. The lowest BCUT2D eigenvalue weighted by molar-refractivity contribution is 0.283. The molecule has 1 N–H and O–H groups in total. The van der Waals surface area contributed by atoms with Crippen molar-refractivity contribution in [3.8, 4) is 5.75 Å². The first-order valence-electron chi connectivity index (χ1n) is 8.95. The summed E-state index contributed by atoms with van der Waals surface area (Å²) in [6.45, 7) is 5.24. The average molecular weight is 353 g/mol. The molecule has 0 aliphatic heterocycles. The lowest BCUT2D eigenvalue weighted by Gasteiger charge is -2.16. The summed E-state index contributed by atoms with van der Waals surface area (Å²) in [5, 5.41) is 10.7. The van der Waals surface area contributed by atoms with E-state index in [1.807, 2.05) is 13.1 Å². The highest BCUT2D eigenvalue weighted by Crippen LogP contribution is 2.47. The van der Waals surface area contributed by atoms with E-state index in [0.29, 0.717) is 30.2 Å². The van der Waals surface area contributed by atoms with Crippen molar-refractivity contribution in [1.29, 1.82) is 0 Å². The van der Waals surface area contributed by atoms with Crippen LogP contribution >= 0.6 is 0 Å². The molecular weight excluding hydrogens is 330 g/mol. The van der Waals surface area contributed by atoms with Crippen molar-refractivity contribution < 1.29 is 13.9 Å². The largest absolute Gasteiger partial charge is 0.508 e. The molecule has 3 aromatic rings. The number of phenols is 1. The van der Waals surface area contributed by atoms with E-state index in [0.717, 1.165) is 28.4 Å². The van der Waals surface area contributed by atoms with E-state index in [1.165, 1.54) is 12.5 Å². The van der Waals surface area contributed by atoms with Crippen LogP contribution in [-0.2, 0) is 13.1 Å². The lowest BCUT2D eigenvalue weighted by Crippen LogP contribution is -2.18. The Labute approximate surface area is 151 Å². The molecule has 1 aliphatic carbocycles. The lowest BCUT2D eigenvalue weighted by atomic mass is 10.1. The SMILES string of the molecule is Cc1c(O)ccc2c(CN(C)Cc3ccc(C4CC4C)o3)cc(=O)oc12. The third-order valence-corrected chi connectivity index (χ3v) is 5.24. The minimum atomic E-state index is -0.405. The molecule has 26 heavy (non-hydrogen) atoms. The van der Waals surface area contributed by atoms with Crippen LogP contribution in [0.1, 0.15) is 41.9 Å². The summed E-state index contributed by atoms with van der Waals surface area (Å²) in [4.78, 5) is 14.0. The van der Waals surface area contributed by atoms with Gasteiger partial charge in [-0.3, -0.25) is 4.90 Å². The van der Waals surface area contributed by atoms with Crippen molar-refractivity contribution >= 4 is 11.0 Å². The zero-order chi connectivity index (χ0) is 18.4. The molecule has 0 spiro atoms. The first-order valence-corrected chi connectivity index (χ1v) is 8.95. The number of hydrogen-bond acceptors (Lipinski definition) is 5. The zero-order valence-electron chi connectivity index (χ0n) is 15.3. The quantitative estimate of drug-likeness (QED) is 0.698. The van der Waals surface area contributed by atoms with Gasteiger partial charge in [0.25, 0.3) is 0 Å². The van der Waals surface area contributed by atoms with Gasteiger partial charge in [-0.2, -0.15) is 0 Å². The number of phenolic OH excluding ortho intramolecular Hbond substituents is 1. The van der Waals surface area contributed by atoms with Gasteiger partial charge in [0.1, 0.15) is 22.9 Å². The predicted octanol–water partition coefficient (Wildman–Crippen LogP) is 4.16. The summed E-state index contributed by atoms with van der Waals surface area (Å²) in [5.74, 6) is 3.44. The van der Waals surface area contributed by atoms with Gasteiger partial charge < -0.3 is 13.9 Å². The highest BCUT2D eigenvalue weighted by molar-refractivity contribution is 5.84. The molecule has 1 saturated carbocycles. The zero-order valence-corrected chi connectivity index (χ0v) is 15.3. The highest BCUT2D eigenvalue weighted by atomic mass is 16.4. The van der Waals surface area contributed by atoms with Gasteiger partial charge in [-0.05, 0) is 56.1 Å². The minimum absolute atomic E-state index is 0.128. The molecule has 0 amide bonds. The molecular formula is C21H23NO4. The first kappa shape index (κ1) is 16.9. The van der Waals surface area contributed by atoms with Gasteiger partial charge in [0, 0.05) is 29.5 Å². The molecule has 5 heteroatoms. The van der Waals surface area contributed by atoms with Crippen LogP contribution in [0, 0.1) is 12.8 Å². The van der Waals surface area contributed by atoms with Crippen molar-refractivity contribution in [2.24, 2.45) is 5.92 Å². The fourth-order valence-corrected chi connectivity index (χ4v) is 3.56. The number of furan rings is 1. The van der Waals surface area contributed by atoms with Gasteiger partial charge >= 0.3 is 5.63 Å². The van der Waals surface area contributed by atoms with E-state index >= 15 is 0 Å². The summed E-state index contributed by atoms with van der Waals surface area (Å²) in [7, 11) is 2.00. The fourth-order valence-electron chi connectivity index (χ4n) is 3.56. The monoisotopic (exact) mass is 353 g/mol. The van der Waals surface area contributed by atoms with Crippen molar-refractivity contribution in [3.05, 3.63) is 63.4 Å². The highest BCUT2D eigenvalue weighted by Gasteiger charge is 2.36.